The maximum absolute atomic E-state index is 12.2. The summed E-state index contributed by atoms with van der Waals surface area (Å²) in [4.78, 5) is 24.0. The molecule has 10 nitrogen and oxygen atoms in total. The van der Waals surface area contributed by atoms with E-state index in [9.17, 15) is 4.79 Å². The van der Waals surface area contributed by atoms with Crippen molar-refractivity contribution in [3.8, 4) is 38.7 Å². The molecule has 6 rings (SSSR count). The highest BCUT2D eigenvalue weighted by Gasteiger charge is 2.23. The van der Waals surface area contributed by atoms with E-state index >= 15 is 0 Å². The summed E-state index contributed by atoms with van der Waals surface area (Å²) in [5.74, 6) is 2.07. The molecule has 0 saturated heterocycles. The molecule has 0 atom stereocenters. The molecule has 216 valence electrons. The summed E-state index contributed by atoms with van der Waals surface area (Å²) < 4.78 is 25.4. The number of rotatable bonds is 9. The molecule has 0 unspecified atom stereocenters. The molecule has 2 aromatic carbocycles. The van der Waals surface area contributed by atoms with Crippen molar-refractivity contribution in [3.63, 3.8) is 0 Å². The van der Waals surface area contributed by atoms with Gasteiger partial charge in [0.1, 0.15) is 34.4 Å². The average Bonchev–Trinajstić information content (AvgIpc) is 3.77. The molecular weight excluding hydrogens is 574 g/mol. The van der Waals surface area contributed by atoms with Crippen molar-refractivity contribution in [2.24, 2.45) is 0 Å². The van der Waals surface area contributed by atoms with E-state index in [-0.39, 0.29) is 18.4 Å². The van der Waals surface area contributed by atoms with Gasteiger partial charge in [-0.15, -0.1) is 16.4 Å². The second-order valence-electron chi connectivity index (χ2n) is 10.1. The maximum atomic E-state index is 12.2. The lowest BCUT2D eigenvalue weighted by Gasteiger charge is -2.18. The van der Waals surface area contributed by atoms with E-state index in [0.717, 1.165) is 27.2 Å². The van der Waals surface area contributed by atoms with Crippen LogP contribution in [0.2, 0.25) is 0 Å². The number of carbonyl (C=O) groups is 1. The summed E-state index contributed by atoms with van der Waals surface area (Å²) in [5.41, 5.74) is 4.62. The number of aromatic nitrogens is 4. The van der Waals surface area contributed by atoms with Crippen LogP contribution in [0.3, 0.4) is 0 Å². The zero-order chi connectivity index (χ0) is 29.5. The van der Waals surface area contributed by atoms with Crippen molar-refractivity contribution in [2.75, 3.05) is 28.3 Å². The fourth-order valence-corrected chi connectivity index (χ4v) is 6.20. The van der Waals surface area contributed by atoms with E-state index < -0.39 is 0 Å². The Morgan fingerprint density at radius 2 is 1.88 bits per heavy atom. The molecule has 0 aliphatic rings. The topological polar surface area (TPSA) is 104 Å². The van der Waals surface area contributed by atoms with Crippen molar-refractivity contribution in [3.05, 3.63) is 64.8 Å². The Morgan fingerprint density at radius 1 is 1.10 bits per heavy atom. The van der Waals surface area contributed by atoms with Gasteiger partial charge in [0.05, 0.1) is 31.5 Å². The second kappa shape index (κ2) is 11.1. The Hall–Kier alpha value is -4.42. The molecule has 12 heteroatoms. The first-order valence-corrected chi connectivity index (χ1v) is 14.9. The lowest BCUT2D eigenvalue weighted by molar-refractivity contribution is 0.0827. The van der Waals surface area contributed by atoms with Gasteiger partial charge in [-0.05, 0) is 35.5 Å². The smallest absolute Gasteiger partial charge is 0.294 e. The zero-order valence-electron chi connectivity index (χ0n) is 24.0. The standard InChI is InChI=1S/C30H29N5O5S2/c1-16(2)25-24(37-5)12-22-20(11-23(40-22)21-13-35-29(32-21)42-30(33-35)38-6)26(25)39-14-19-15-41-27(31-19)17-7-9-18(10-8-17)28(36)34(3)4/h7-13,15-16H,14H2,1-6H3. The summed E-state index contributed by atoms with van der Waals surface area (Å²) in [5, 5.41) is 8.57. The Balaban J connectivity index is 1.31. The molecule has 0 aliphatic carbocycles. The number of hydrogen-bond donors (Lipinski definition) is 0. The van der Waals surface area contributed by atoms with Gasteiger partial charge in [0, 0.05) is 42.2 Å². The van der Waals surface area contributed by atoms with Crippen molar-refractivity contribution >= 4 is 44.5 Å². The quantitative estimate of drug-likeness (QED) is 0.179. The van der Waals surface area contributed by atoms with Crippen molar-refractivity contribution in [1.29, 1.82) is 0 Å². The van der Waals surface area contributed by atoms with Gasteiger partial charge in [0.25, 0.3) is 11.1 Å². The number of amides is 1. The number of carbonyl (C=O) groups excluding carboxylic acids is 1. The molecule has 0 N–H and O–H groups in total. The summed E-state index contributed by atoms with van der Waals surface area (Å²) in [6.07, 6.45) is 1.81. The van der Waals surface area contributed by atoms with Crippen LogP contribution in [-0.2, 0) is 6.61 Å². The van der Waals surface area contributed by atoms with Gasteiger partial charge in [-0.2, -0.15) is 0 Å². The van der Waals surface area contributed by atoms with E-state index in [1.807, 2.05) is 48.0 Å². The third-order valence-electron chi connectivity index (χ3n) is 6.73. The lowest BCUT2D eigenvalue weighted by Crippen LogP contribution is -2.21. The fraction of sp³-hybridized carbons (Fsp3) is 0.267. The summed E-state index contributed by atoms with van der Waals surface area (Å²) in [6, 6.07) is 11.3. The van der Waals surface area contributed by atoms with Crippen LogP contribution in [-0.4, -0.2) is 58.7 Å². The number of methoxy groups -OCH3 is 2. The van der Waals surface area contributed by atoms with Crippen LogP contribution in [0.15, 0.2) is 52.4 Å². The Morgan fingerprint density at radius 3 is 2.55 bits per heavy atom. The molecule has 0 saturated carbocycles. The minimum atomic E-state index is -0.0348. The third-order valence-corrected chi connectivity index (χ3v) is 8.55. The van der Waals surface area contributed by atoms with Gasteiger partial charge in [0.2, 0.25) is 4.96 Å². The minimum absolute atomic E-state index is 0.0348. The van der Waals surface area contributed by atoms with E-state index in [1.165, 1.54) is 22.7 Å². The Bertz CT molecular complexity index is 1870. The highest BCUT2D eigenvalue weighted by molar-refractivity contribution is 7.18. The first-order chi connectivity index (χ1) is 20.2. The molecule has 1 amide bonds. The number of ether oxygens (including phenoxy) is 3. The molecule has 0 aliphatic heterocycles. The number of thiazole rings is 1. The molecule has 0 fully saturated rings. The maximum Gasteiger partial charge on any atom is 0.294 e. The number of furan rings is 1. The highest BCUT2D eigenvalue weighted by Crippen LogP contribution is 2.44. The van der Waals surface area contributed by atoms with E-state index in [0.29, 0.717) is 44.3 Å². The SMILES string of the molecule is COc1nn2cc(-c3cc4c(OCc5csc(-c6ccc(C(=O)N(C)C)cc6)n5)c(C(C)C)c(OC)cc4o3)nc2s1. The molecule has 0 bridgehead atoms. The van der Waals surface area contributed by atoms with Gasteiger partial charge in [-0.25, -0.2) is 14.5 Å². The number of imidazole rings is 1. The normalized spacial score (nSPS) is 11.5. The number of fused-ring (bicyclic) bond motifs is 2. The van der Waals surface area contributed by atoms with Crippen LogP contribution < -0.4 is 14.2 Å². The van der Waals surface area contributed by atoms with E-state index in [1.54, 1.807) is 37.7 Å². The molecule has 6 aromatic rings. The Kier molecular flexibility index (Phi) is 7.33. The van der Waals surface area contributed by atoms with Crippen molar-refractivity contribution < 1.29 is 23.4 Å². The Labute approximate surface area is 250 Å². The van der Waals surface area contributed by atoms with Gasteiger partial charge in [-0.1, -0.05) is 26.0 Å². The van der Waals surface area contributed by atoms with Gasteiger partial charge < -0.3 is 23.5 Å². The zero-order valence-corrected chi connectivity index (χ0v) is 25.6. The van der Waals surface area contributed by atoms with Crippen molar-refractivity contribution in [1.82, 2.24) is 24.5 Å². The third kappa shape index (κ3) is 5.07. The predicted octanol–water partition coefficient (Wildman–Crippen LogP) is 6.75. The molecule has 4 aromatic heterocycles. The first kappa shape index (κ1) is 27.7. The summed E-state index contributed by atoms with van der Waals surface area (Å²) >= 11 is 2.89. The first-order valence-electron chi connectivity index (χ1n) is 13.2. The summed E-state index contributed by atoms with van der Waals surface area (Å²) in [7, 11) is 6.71. The van der Waals surface area contributed by atoms with E-state index in [4.69, 9.17) is 23.6 Å². The average molecular weight is 604 g/mol. The van der Waals surface area contributed by atoms with Crippen LogP contribution in [0.25, 0.3) is 38.0 Å². The van der Waals surface area contributed by atoms with Crippen LogP contribution in [0.4, 0.5) is 0 Å². The van der Waals surface area contributed by atoms with Gasteiger partial charge in [0.15, 0.2) is 5.76 Å². The van der Waals surface area contributed by atoms with Crippen LogP contribution in [0.5, 0.6) is 16.7 Å². The van der Waals surface area contributed by atoms with Crippen LogP contribution >= 0.6 is 22.7 Å². The second-order valence-corrected chi connectivity index (χ2v) is 11.9. The van der Waals surface area contributed by atoms with Gasteiger partial charge in [-0.3, -0.25) is 4.79 Å². The fourth-order valence-electron chi connectivity index (χ4n) is 4.69. The molecule has 42 heavy (non-hydrogen) atoms. The van der Waals surface area contributed by atoms with Crippen LogP contribution in [0.1, 0.15) is 41.4 Å². The lowest BCUT2D eigenvalue weighted by atomic mass is 9.98. The number of benzene rings is 2. The van der Waals surface area contributed by atoms with Gasteiger partial charge >= 0.3 is 0 Å². The monoisotopic (exact) mass is 603 g/mol. The minimum Gasteiger partial charge on any atom is -0.496 e. The summed E-state index contributed by atoms with van der Waals surface area (Å²) in [6.45, 7) is 4.47. The largest absolute Gasteiger partial charge is 0.496 e. The van der Waals surface area contributed by atoms with Crippen LogP contribution in [0, 0.1) is 0 Å². The highest BCUT2D eigenvalue weighted by atomic mass is 32.1. The molecule has 0 radical (unpaired) electrons. The van der Waals surface area contributed by atoms with Crippen molar-refractivity contribution in [2.45, 2.75) is 26.4 Å². The number of hydrogen-bond acceptors (Lipinski definition) is 10. The number of nitrogens with zero attached hydrogens (tertiary/aromatic N) is 5. The molecule has 4 heterocycles. The molecule has 0 spiro atoms. The van der Waals surface area contributed by atoms with E-state index in [2.05, 4.69) is 23.9 Å². The predicted molar refractivity (Wildman–Crippen MR) is 163 cm³/mol. The molecular formula is C30H29N5O5S2.